The van der Waals surface area contributed by atoms with Gasteiger partial charge in [0.15, 0.2) is 0 Å². The summed E-state index contributed by atoms with van der Waals surface area (Å²) >= 11 is 0. The zero-order valence-corrected chi connectivity index (χ0v) is 11.3. The summed E-state index contributed by atoms with van der Waals surface area (Å²) in [6.45, 7) is 5.75. The first-order valence-corrected chi connectivity index (χ1v) is 6.38. The Hall–Kier alpha value is -1.75. The van der Waals surface area contributed by atoms with E-state index in [1.54, 1.807) is 0 Å². The van der Waals surface area contributed by atoms with Crippen molar-refractivity contribution in [3.8, 4) is 11.5 Å². The normalized spacial score (nSPS) is 10.7. The molecule has 0 saturated carbocycles. The second-order valence-corrected chi connectivity index (χ2v) is 4.75. The second-order valence-electron chi connectivity index (χ2n) is 4.75. The molecule has 0 heterocycles. The molecule has 0 saturated heterocycles. The van der Waals surface area contributed by atoms with Crippen molar-refractivity contribution >= 4 is 5.91 Å². The lowest BCUT2D eigenvalue weighted by atomic mass is 10.1. The molecule has 0 radical (unpaired) electrons. The van der Waals surface area contributed by atoms with Crippen LogP contribution in [0, 0.1) is 5.92 Å². The number of hydrogen-bond acceptors (Lipinski definition) is 4. The van der Waals surface area contributed by atoms with E-state index in [4.69, 9.17) is 9.84 Å². The van der Waals surface area contributed by atoms with E-state index >= 15 is 0 Å². The Balaban J connectivity index is 2.28. The number of amides is 1. The molecule has 0 aliphatic heterocycles. The molecule has 106 valence electrons. The largest absolute Gasteiger partial charge is 0.508 e. The van der Waals surface area contributed by atoms with Gasteiger partial charge in [-0.05, 0) is 24.5 Å². The predicted octanol–water partition coefficient (Wildman–Crippen LogP) is 1.89. The van der Waals surface area contributed by atoms with E-state index in [0.717, 1.165) is 12.5 Å². The number of nitrogens with one attached hydrogen (secondary N) is 1. The SMILES string of the molecule is CC(C)CCOCCNC(=O)c1ccc(O)cc1O. The fraction of sp³-hybridized carbons (Fsp3) is 0.500. The molecule has 1 amide bonds. The van der Waals surface area contributed by atoms with Crippen LogP contribution in [0.3, 0.4) is 0 Å². The number of ether oxygens (including phenoxy) is 1. The van der Waals surface area contributed by atoms with E-state index in [-0.39, 0.29) is 23.0 Å². The highest BCUT2D eigenvalue weighted by molar-refractivity contribution is 5.96. The molecule has 19 heavy (non-hydrogen) atoms. The number of benzene rings is 1. The monoisotopic (exact) mass is 267 g/mol. The summed E-state index contributed by atoms with van der Waals surface area (Å²) in [7, 11) is 0. The van der Waals surface area contributed by atoms with E-state index in [1.807, 2.05) is 0 Å². The number of rotatable bonds is 7. The number of carbonyl (C=O) groups excluding carboxylic acids is 1. The van der Waals surface area contributed by atoms with Gasteiger partial charge in [-0.2, -0.15) is 0 Å². The minimum absolute atomic E-state index is 0.0777. The third-order valence-electron chi connectivity index (χ3n) is 2.60. The van der Waals surface area contributed by atoms with Crippen molar-refractivity contribution in [3.63, 3.8) is 0 Å². The molecule has 0 aliphatic rings. The Morgan fingerprint density at radius 2 is 2.05 bits per heavy atom. The third kappa shape index (κ3) is 5.61. The van der Waals surface area contributed by atoms with Crippen molar-refractivity contribution in [2.75, 3.05) is 19.8 Å². The van der Waals surface area contributed by atoms with Gasteiger partial charge in [-0.15, -0.1) is 0 Å². The van der Waals surface area contributed by atoms with Gasteiger partial charge in [0.05, 0.1) is 12.2 Å². The highest BCUT2D eigenvalue weighted by Crippen LogP contribution is 2.22. The summed E-state index contributed by atoms with van der Waals surface area (Å²) in [5.41, 5.74) is 0.139. The van der Waals surface area contributed by atoms with Crippen molar-refractivity contribution in [2.24, 2.45) is 5.92 Å². The van der Waals surface area contributed by atoms with Gasteiger partial charge >= 0.3 is 0 Å². The predicted molar refractivity (Wildman–Crippen MR) is 72.4 cm³/mol. The summed E-state index contributed by atoms with van der Waals surface area (Å²) in [6.07, 6.45) is 0.993. The van der Waals surface area contributed by atoms with Crippen LogP contribution >= 0.6 is 0 Å². The summed E-state index contributed by atoms with van der Waals surface area (Å²) < 4.78 is 5.36. The van der Waals surface area contributed by atoms with Crippen molar-refractivity contribution in [1.29, 1.82) is 0 Å². The standard InChI is InChI=1S/C14H21NO4/c1-10(2)5-7-19-8-6-15-14(18)12-4-3-11(16)9-13(12)17/h3-4,9-10,16-17H,5-8H2,1-2H3,(H,15,18). The van der Waals surface area contributed by atoms with Crippen LogP contribution in [0.25, 0.3) is 0 Å². The first kappa shape index (κ1) is 15.3. The number of phenolic OH excluding ortho intramolecular Hbond substituents is 2. The zero-order valence-electron chi connectivity index (χ0n) is 11.3. The van der Waals surface area contributed by atoms with Gasteiger partial charge in [-0.1, -0.05) is 13.8 Å². The van der Waals surface area contributed by atoms with E-state index < -0.39 is 0 Å². The summed E-state index contributed by atoms with van der Waals surface area (Å²) in [4.78, 5) is 11.7. The Morgan fingerprint density at radius 3 is 2.68 bits per heavy atom. The molecule has 5 nitrogen and oxygen atoms in total. The summed E-state index contributed by atoms with van der Waals surface area (Å²) in [5.74, 6) is -0.0993. The molecule has 1 aromatic rings. The minimum atomic E-state index is -0.384. The highest BCUT2D eigenvalue weighted by Gasteiger charge is 2.10. The minimum Gasteiger partial charge on any atom is -0.508 e. The van der Waals surface area contributed by atoms with Gasteiger partial charge in [0, 0.05) is 19.2 Å². The molecule has 0 aromatic heterocycles. The lowest BCUT2D eigenvalue weighted by Gasteiger charge is -2.08. The average molecular weight is 267 g/mol. The van der Waals surface area contributed by atoms with E-state index in [1.165, 1.54) is 12.1 Å². The van der Waals surface area contributed by atoms with Gasteiger partial charge < -0.3 is 20.3 Å². The van der Waals surface area contributed by atoms with Crippen LogP contribution in [-0.2, 0) is 4.74 Å². The van der Waals surface area contributed by atoms with Crippen LogP contribution in [0.5, 0.6) is 11.5 Å². The maximum atomic E-state index is 11.7. The lowest BCUT2D eigenvalue weighted by molar-refractivity contribution is 0.0903. The van der Waals surface area contributed by atoms with Crippen LogP contribution in [0.2, 0.25) is 0 Å². The van der Waals surface area contributed by atoms with E-state index in [2.05, 4.69) is 19.2 Å². The van der Waals surface area contributed by atoms with Crippen molar-refractivity contribution < 1.29 is 19.7 Å². The molecule has 0 spiro atoms. The Bertz CT molecular complexity index is 418. The molecule has 0 atom stereocenters. The summed E-state index contributed by atoms with van der Waals surface area (Å²) in [6, 6.07) is 3.86. The van der Waals surface area contributed by atoms with Crippen molar-refractivity contribution in [2.45, 2.75) is 20.3 Å². The Morgan fingerprint density at radius 1 is 1.32 bits per heavy atom. The quantitative estimate of drug-likeness (QED) is 0.659. The first-order chi connectivity index (χ1) is 9.00. The molecular weight excluding hydrogens is 246 g/mol. The maximum Gasteiger partial charge on any atom is 0.255 e. The first-order valence-electron chi connectivity index (χ1n) is 6.38. The third-order valence-corrected chi connectivity index (χ3v) is 2.60. The number of aromatic hydroxyl groups is 2. The van der Waals surface area contributed by atoms with Gasteiger partial charge in [0.25, 0.3) is 5.91 Å². The van der Waals surface area contributed by atoms with Gasteiger partial charge in [-0.25, -0.2) is 0 Å². The van der Waals surface area contributed by atoms with E-state index in [0.29, 0.717) is 25.7 Å². The van der Waals surface area contributed by atoms with Gasteiger partial charge in [0.2, 0.25) is 0 Å². The molecule has 1 aromatic carbocycles. The molecule has 0 bridgehead atoms. The average Bonchev–Trinajstić information content (AvgIpc) is 2.32. The van der Waals surface area contributed by atoms with Gasteiger partial charge in [0.1, 0.15) is 11.5 Å². The van der Waals surface area contributed by atoms with Crippen LogP contribution in [0.4, 0.5) is 0 Å². The Labute approximate surface area is 113 Å². The maximum absolute atomic E-state index is 11.7. The molecular formula is C14H21NO4. The van der Waals surface area contributed by atoms with Crippen LogP contribution in [0.15, 0.2) is 18.2 Å². The zero-order chi connectivity index (χ0) is 14.3. The van der Waals surface area contributed by atoms with E-state index in [9.17, 15) is 9.90 Å². The number of phenols is 2. The Kier molecular flexibility index (Phi) is 6.15. The molecule has 0 unspecified atom stereocenters. The number of carbonyl (C=O) groups is 1. The molecule has 0 fully saturated rings. The summed E-state index contributed by atoms with van der Waals surface area (Å²) in [5, 5.41) is 21.3. The van der Waals surface area contributed by atoms with Crippen LogP contribution in [0.1, 0.15) is 30.6 Å². The molecule has 0 aliphatic carbocycles. The fourth-order valence-corrected chi connectivity index (χ4v) is 1.47. The molecule has 5 heteroatoms. The van der Waals surface area contributed by atoms with Crippen LogP contribution < -0.4 is 5.32 Å². The topological polar surface area (TPSA) is 78.8 Å². The second kappa shape index (κ2) is 7.63. The number of hydrogen-bond donors (Lipinski definition) is 3. The van der Waals surface area contributed by atoms with Crippen LogP contribution in [-0.4, -0.2) is 35.9 Å². The van der Waals surface area contributed by atoms with Crippen molar-refractivity contribution in [1.82, 2.24) is 5.32 Å². The fourth-order valence-electron chi connectivity index (χ4n) is 1.47. The van der Waals surface area contributed by atoms with Crippen molar-refractivity contribution in [3.05, 3.63) is 23.8 Å². The lowest BCUT2D eigenvalue weighted by Crippen LogP contribution is -2.27. The highest BCUT2D eigenvalue weighted by atomic mass is 16.5. The van der Waals surface area contributed by atoms with Gasteiger partial charge in [-0.3, -0.25) is 4.79 Å². The smallest absolute Gasteiger partial charge is 0.255 e. The molecule has 1 rings (SSSR count). The molecule has 3 N–H and O–H groups in total.